The molecule has 4 nitrogen and oxygen atoms in total. The second-order valence-corrected chi connectivity index (χ2v) is 5.65. The molecule has 136 valence electrons. The predicted molar refractivity (Wildman–Crippen MR) is 98.9 cm³/mol. The van der Waals surface area contributed by atoms with Gasteiger partial charge in [-0.05, 0) is 38.5 Å². The van der Waals surface area contributed by atoms with E-state index in [1.165, 1.54) is 19.3 Å². The summed E-state index contributed by atoms with van der Waals surface area (Å²) in [7, 11) is 0. The normalized spacial score (nSPS) is 13.8. The molecule has 0 aromatic carbocycles. The van der Waals surface area contributed by atoms with Gasteiger partial charge in [0.25, 0.3) is 0 Å². The van der Waals surface area contributed by atoms with Crippen molar-refractivity contribution in [1.82, 2.24) is 0 Å². The molecular formula is C20H32O4. The fourth-order valence-electron chi connectivity index (χ4n) is 2.03. The molecule has 0 saturated carbocycles. The van der Waals surface area contributed by atoms with E-state index in [9.17, 15) is 4.79 Å². The Kier molecular flexibility index (Phi) is 16.5. The zero-order valence-electron chi connectivity index (χ0n) is 14.8. The van der Waals surface area contributed by atoms with E-state index in [1.54, 1.807) is 6.08 Å². The van der Waals surface area contributed by atoms with Crippen LogP contribution in [0.2, 0.25) is 0 Å². The summed E-state index contributed by atoms with van der Waals surface area (Å²) in [4.78, 5) is 14.8. The lowest BCUT2D eigenvalue weighted by molar-refractivity contribution is -0.264. The Morgan fingerprint density at radius 3 is 2.46 bits per heavy atom. The summed E-state index contributed by atoms with van der Waals surface area (Å²) in [5.74, 6) is -0.773. The van der Waals surface area contributed by atoms with Crippen LogP contribution in [-0.4, -0.2) is 22.4 Å². The molecule has 0 bridgehead atoms. The van der Waals surface area contributed by atoms with Crippen molar-refractivity contribution in [3.8, 4) is 0 Å². The average Bonchev–Trinajstić information content (AvgIpc) is 2.57. The molecule has 0 aromatic rings. The third-order valence-electron chi connectivity index (χ3n) is 3.42. The summed E-state index contributed by atoms with van der Waals surface area (Å²) in [6.07, 6.45) is 23.4. The summed E-state index contributed by atoms with van der Waals surface area (Å²) in [6, 6.07) is 0. The highest BCUT2D eigenvalue weighted by molar-refractivity contribution is 5.66. The van der Waals surface area contributed by atoms with Crippen molar-refractivity contribution in [2.45, 2.75) is 70.8 Å². The number of carbonyl (C=O) groups is 1. The zero-order valence-corrected chi connectivity index (χ0v) is 14.8. The minimum absolute atomic E-state index is 0.183. The lowest BCUT2D eigenvalue weighted by atomic mass is 10.1. The van der Waals surface area contributed by atoms with Crippen LogP contribution in [0.1, 0.15) is 64.7 Å². The molecule has 0 aliphatic heterocycles. The summed E-state index contributed by atoms with van der Waals surface area (Å²) in [5, 5.41) is 17.4. The SMILES string of the molecule is CCCCC/C=C\C/C=C\C=C\[C@H](C/C=C\CCCC(=O)O)OO. The van der Waals surface area contributed by atoms with E-state index in [-0.39, 0.29) is 12.5 Å². The number of hydrogen-bond donors (Lipinski definition) is 2. The molecule has 0 unspecified atom stereocenters. The van der Waals surface area contributed by atoms with Gasteiger partial charge in [0.1, 0.15) is 6.10 Å². The van der Waals surface area contributed by atoms with E-state index in [1.807, 2.05) is 24.3 Å². The molecule has 0 amide bonds. The number of rotatable bonds is 15. The van der Waals surface area contributed by atoms with Gasteiger partial charge in [-0.15, -0.1) is 0 Å². The Morgan fingerprint density at radius 2 is 1.75 bits per heavy atom. The molecule has 0 heterocycles. The summed E-state index contributed by atoms with van der Waals surface area (Å²) >= 11 is 0. The van der Waals surface area contributed by atoms with Gasteiger partial charge in [-0.3, -0.25) is 10.1 Å². The van der Waals surface area contributed by atoms with Gasteiger partial charge < -0.3 is 5.11 Å². The molecule has 0 aromatic heterocycles. The zero-order chi connectivity index (χ0) is 17.9. The molecule has 4 heteroatoms. The van der Waals surface area contributed by atoms with Crippen LogP contribution < -0.4 is 0 Å². The first-order valence-corrected chi connectivity index (χ1v) is 8.86. The topological polar surface area (TPSA) is 66.8 Å². The molecule has 0 rings (SSSR count). The van der Waals surface area contributed by atoms with Crippen molar-refractivity contribution >= 4 is 5.97 Å². The quantitative estimate of drug-likeness (QED) is 0.133. The Morgan fingerprint density at radius 1 is 1.00 bits per heavy atom. The number of allylic oxidation sites excluding steroid dienone is 6. The van der Waals surface area contributed by atoms with Crippen LogP contribution in [0.4, 0.5) is 0 Å². The fraction of sp³-hybridized carbons (Fsp3) is 0.550. The van der Waals surface area contributed by atoms with Gasteiger partial charge in [0.05, 0.1) is 0 Å². The van der Waals surface area contributed by atoms with Crippen molar-refractivity contribution in [2.75, 3.05) is 0 Å². The molecular weight excluding hydrogens is 304 g/mol. The lowest BCUT2D eigenvalue weighted by Crippen LogP contribution is -2.04. The summed E-state index contributed by atoms with van der Waals surface area (Å²) < 4.78 is 0. The van der Waals surface area contributed by atoms with Gasteiger partial charge in [-0.2, -0.15) is 0 Å². The number of aliphatic carboxylic acids is 1. The largest absolute Gasteiger partial charge is 0.481 e. The van der Waals surface area contributed by atoms with Crippen molar-refractivity contribution < 1.29 is 20.0 Å². The Bertz CT molecular complexity index is 408. The van der Waals surface area contributed by atoms with E-state index in [2.05, 4.69) is 30.0 Å². The third-order valence-corrected chi connectivity index (χ3v) is 3.42. The Balaban J connectivity index is 3.81. The molecule has 1 atom stereocenters. The van der Waals surface area contributed by atoms with Crippen LogP contribution in [0, 0.1) is 0 Å². The van der Waals surface area contributed by atoms with Gasteiger partial charge in [0.15, 0.2) is 0 Å². The minimum Gasteiger partial charge on any atom is -0.481 e. The third kappa shape index (κ3) is 16.7. The molecule has 0 spiro atoms. The highest BCUT2D eigenvalue weighted by Crippen LogP contribution is 2.04. The van der Waals surface area contributed by atoms with Crippen LogP contribution >= 0.6 is 0 Å². The first kappa shape index (κ1) is 22.4. The van der Waals surface area contributed by atoms with E-state index in [4.69, 9.17) is 10.4 Å². The predicted octanol–water partition coefficient (Wildman–Crippen LogP) is 5.68. The fourth-order valence-corrected chi connectivity index (χ4v) is 2.03. The van der Waals surface area contributed by atoms with Crippen molar-refractivity contribution in [2.24, 2.45) is 0 Å². The number of unbranched alkanes of at least 4 members (excludes halogenated alkanes) is 4. The summed E-state index contributed by atoms with van der Waals surface area (Å²) in [6.45, 7) is 2.21. The van der Waals surface area contributed by atoms with Gasteiger partial charge in [-0.1, -0.05) is 68.4 Å². The monoisotopic (exact) mass is 336 g/mol. The van der Waals surface area contributed by atoms with E-state index in [0.29, 0.717) is 12.8 Å². The number of hydrogen-bond acceptors (Lipinski definition) is 3. The van der Waals surface area contributed by atoms with E-state index >= 15 is 0 Å². The van der Waals surface area contributed by atoms with Crippen LogP contribution in [-0.2, 0) is 9.68 Å². The number of carboxylic acid groups (broad SMARTS) is 1. The van der Waals surface area contributed by atoms with Crippen LogP contribution in [0.5, 0.6) is 0 Å². The van der Waals surface area contributed by atoms with E-state index in [0.717, 1.165) is 19.3 Å². The molecule has 2 N–H and O–H groups in total. The van der Waals surface area contributed by atoms with Crippen LogP contribution in [0.3, 0.4) is 0 Å². The maximum absolute atomic E-state index is 10.4. The first-order chi connectivity index (χ1) is 11.7. The maximum Gasteiger partial charge on any atom is 0.303 e. The van der Waals surface area contributed by atoms with Crippen molar-refractivity contribution in [3.05, 3.63) is 48.6 Å². The van der Waals surface area contributed by atoms with Gasteiger partial charge in [0, 0.05) is 6.42 Å². The Hall–Kier alpha value is -1.65. The molecule has 0 saturated heterocycles. The van der Waals surface area contributed by atoms with E-state index < -0.39 is 5.97 Å². The van der Waals surface area contributed by atoms with Crippen LogP contribution in [0.25, 0.3) is 0 Å². The second kappa shape index (κ2) is 17.7. The lowest BCUT2D eigenvalue weighted by Gasteiger charge is -2.04. The number of carboxylic acids is 1. The average molecular weight is 336 g/mol. The Labute approximate surface area is 146 Å². The molecule has 0 radical (unpaired) electrons. The van der Waals surface area contributed by atoms with Crippen molar-refractivity contribution in [1.29, 1.82) is 0 Å². The molecule has 0 aliphatic carbocycles. The minimum atomic E-state index is -0.773. The van der Waals surface area contributed by atoms with Gasteiger partial charge in [0.2, 0.25) is 0 Å². The maximum atomic E-state index is 10.4. The van der Waals surface area contributed by atoms with Gasteiger partial charge >= 0.3 is 5.97 Å². The smallest absolute Gasteiger partial charge is 0.303 e. The first-order valence-electron chi connectivity index (χ1n) is 8.86. The molecule has 0 fully saturated rings. The van der Waals surface area contributed by atoms with Gasteiger partial charge in [-0.25, -0.2) is 4.89 Å². The second-order valence-electron chi connectivity index (χ2n) is 5.65. The highest BCUT2D eigenvalue weighted by Gasteiger charge is 2.00. The van der Waals surface area contributed by atoms with Crippen molar-refractivity contribution in [3.63, 3.8) is 0 Å². The van der Waals surface area contributed by atoms with Crippen LogP contribution in [0.15, 0.2) is 48.6 Å². The summed E-state index contributed by atoms with van der Waals surface area (Å²) in [5.41, 5.74) is 0. The highest BCUT2D eigenvalue weighted by atomic mass is 17.1. The standard InChI is InChI=1S/C20H32O4/c1-2-3-4-5-6-7-8-9-10-13-16-19(24-23)17-14-11-12-15-18-20(21)22/h6-7,9-11,13-14,16,19,23H,2-5,8,12,15,17-18H2,1H3,(H,21,22)/b7-6-,10-9-,14-11-,16-13+/t19-/m1/s1. The molecule has 24 heavy (non-hydrogen) atoms. The molecule has 0 aliphatic rings.